The number of hydrogen-bond donors (Lipinski definition) is 0. The first-order valence-electron chi connectivity index (χ1n) is 8.23. The second-order valence-corrected chi connectivity index (χ2v) is 6.58. The van der Waals surface area contributed by atoms with Gasteiger partial charge in [-0.15, -0.1) is 0 Å². The van der Waals surface area contributed by atoms with Crippen molar-refractivity contribution < 1.29 is 4.92 Å². The Morgan fingerprint density at radius 2 is 1.79 bits per heavy atom. The molecule has 0 N–H and O–H groups in total. The van der Waals surface area contributed by atoms with Crippen molar-refractivity contribution in [2.24, 2.45) is 4.99 Å². The maximum atomic E-state index is 10.9. The van der Waals surface area contributed by atoms with Gasteiger partial charge in [0, 0.05) is 12.1 Å². The molecule has 2 aromatic rings. The van der Waals surface area contributed by atoms with E-state index in [1.807, 2.05) is 30.3 Å². The van der Waals surface area contributed by atoms with Crippen molar-refractivity contribution in [2.45, 2.75) is 38.0 Å². The number of non-ortho nitro benzene ring substituents is 1. The van der Waals surface area contributed by atoms with Crippen LogP contribution in [0.4, 0.5) is 5.69 Å². The third kappa shape index (κ3) is 2.16. The van der Waals surface area contributed by atoms with Crippen LogP contribution in [0, 0.1) is 10.1 Å². The fraction of sp³-hybridized carbons (Fsp3) is 0.316. The van der Waals surface area contributed by atoms with Gasteiger partial charge in [-0.3, -0.25) is 20.0 Å². The molecule has 24 heavy (non-hydrogen) atoms. The van der Waals surface area contributed by atoms with E-state index in [9.17, 15) is 10.1 Å². The molecule has 4 rings (SSSR count). The summed E-state index contributed by atoms with van der Waals surface area (Å²) in [6, 6.07) is 17.7. The zero-order chi connectivity index (χ0) is 16.9. The smallest absolute Gasteiger partial charge is 0.265 e. The number of fused-ring (bicyclic) bond motifs is 1. The highest BCUT2D eigenvalue weighted by atomic mass is 16.6. The van der Waals surface area contributed by atoms with Crippen LogP contribution in [0.25, 0.3) is 0 Å². The number of aliphatic imine (C=N–C) groups is 1. The number of nitro benzene ring substituents is 1. The molecular weight excluding hydrogens is 302 g/mol. The highest BCUT2D eigenvalue weighted by Crippen LogP contribution is 2.56. The minimum Gasteiger partial charge on any atom is -0.265 e. The van der Waals surface area contributed by atoms with Gasteiger partial charge in [0.1, 0.15) is 5.66 Å². The highest BCUT2D eigenvalue weighted by molar-refractivity contribution is 6.08. The molecule has 1 fully saturated rings. The summed E-state index contributed by atoms with van der Waals surface area (Å²) in [5, 5.41) is 10.9. The standard InChI is InChI=1S/C19H19N3O2/c1-3-19(2)20-16(13-7-5-4-6-8-13)18-17(21(18)19)14-9-11-15(12-10-14)22(23)24/h4-12,17-18H,3H2,1-2H3. The van der Waals surface area contributed by atoms with Gasteiger partial charge in [0.05, 0.1) is 22.7 Å². The Balaban J connectivity index is 1.69. The van der Waals surface area contributed by atoms with E-state index in [-0.39, 0.29) is 28.4 Å². The molecule has 1 saturated heterocycles. The Morgan fingerprint density at radius 1 is 1.12 bits per heavy atom. The lowest BCUT2D eigenvalue weighted by molar-refractivity contribution is -0.384. The summed E-state index contributed by atoms with van der Waals surface area (Å²) in [5.41, 5.74) is 3.34. The maximum Gasteiger partial charge on any atom is 0.269 e. The lowest BCUT2D eigenvalue weighted by Gasteiger charge is -2.24. The minimum absolute atomic E-state index is 0.134. The molecule has 2 heterocycles. The van der Waals surface area contributed by atoms with Crippen molar-refractivity contribution in [3.8, 4) is 0 Å². The maximum absolute atomic E-state index is 10.9. The Hall–Kier alpha value is -2.53. The third-order valence-corrected chi connectivity index (χ3v) is 5.19. The Labute approximate surface area is 140 Å². The van der Waals surface area contributed by atoms with Crippen LogP contribution in [0.1, 0.15) is 37.4 Å². The summed E-state index contributed by atoms with van der Waals surface area (Å²) in [5.74, 6) is 0. The fourth-order valence-corrected chi connectivity index (χ4v) is 3.74. The quantitative estimate of drug-likeness (QED) is 0.487. The Morgan fingerprint density at radius 3 is 2.38 bits per heavy atom. The van der Waals surface area contributed by atoms with Crippen molar-refractivity contribution >= 4 is 11.4 Å². The molecule has 0 amide bonds. The molecule has 0 spiro atoms. The van der Waals surface area contributed by atoms with Crippen LogP contribution in [0.3, 0.4) is 0 Å². The van der Waals surface area contributed by atoms with Gasteiger partial charge in [0.25, 0.3) is 5.69 Å². The van der Waals surface area contributed by atoms with E-state index in [1.165, 1.54) is 0 Å². The van der Waals surface area contributed by atoms with Crippen LogP contribution < -0.4 is 0 Å². The van der Waals surface area contributed by atoms with Crippen LogP contribution >= 0.6 is 0 Å². The highest BCUT2D eigenvalue weighted by Gasteiger charge is 2.63. The fourth-order valence-electron chi connectivity index (χ4n) is 3.74. The first-order chi connectivity index (χ1) is 11.5. The Kier molecular flexibility index (Phi) is 3.28. The van der Waals surface area contributed by atoms with E-state index in [0.717, 1.165) is 23.3 Å². The second-order valence-electron chi connectivity index (χ2n) is 6.58. The summed E-state index contributed by atoms with van der Waals surface area (Å²) < 4.78 is 0. The van der Waals surface area contributed by atoms with Crippen LogP contribution in [-0.4, -0.2) is 27.2 Å². The first-order valence-corrected chi connectivity index (χ1v) is 8.23. The summed E-state index contributed by atoms with van der Waals surface area (Å²) in [6.45, 7) is 4.32. The topological polar surface area (TPSA) is 58.5 Å². The van der Waals surface area contributed by atoms with Crippen LogP contribution in [-0.2, 0) is 0 Å². The van der Waals surface area contributed by atoms with Gasteiger partial charge < -0.3 is 0 Å². The molecule has 0 aliphatic carbocycles. The van der Waals surface area contributed by atoms with Crippen molar-refractivity contribution in [3.05, 3.63) is 75.8 Å². The molecule has 122 valence electrons. The van der Waals surface area contributed by atoms with Crippen molar-refractivity contribution in [2.75, 3.05) is 0 Å². The summed E-state index contributed by atoms with van der Waals surface area (Å²) in [7, 11) is 0. The molecule has 0 saturated carbocycles. The van der Waals surface area contributed by atoms with Gasteiger partial charge in [-0.25, -0.2) is 0 Å². The number of rotatable bonds is 4. The molecule has 0 radical (unpaired) electrons. The van der Waals surface area contributed by atoms with Crippen LogP contribution in [0.5, 0.6) is 0 Å². The van der Waals surface area contributed by atoms with Crippen molar-refractivity contribution in [3.63, 3.8) is 0 Å². The Bertz CT molecular complexity index is 816. The van der Waals surface area contributed by atoms with E-state index >= 15 is 0 Å². The van der Waals surface area contributed by atoms with E-state index in [1.54, 1.807) is 12.1 Å². The summed E-state index contributed by atoms with van der Waals surface area (Å²) >= 11 is 0. The molecule has 2 aliphatic heterocycles. The molecule has 0 aromatic heterocycles. The SMILES string of the molecule is CCC1(C)N=C(c2ccccc2)C2C(c3ccc([N+](=O)[O-])cc3)N21. The van der Waals surface area contributed by atoms with E-state index in [4.69, 9.17) is 4.99 Å². The van der Waals surface area contributed by atoms with Gasteiger partial charge in [-0.2, -0.15) is 0 Å². The van der Waals surface area contributed by atoms with Gasteiger partial charge in [0.2, 0.25) is 0 Å². The van der Waals surface area contributed by atoms with Crippen LogP contribution in [0.2, 0.25) is 0 Å². The molecule has 5 nitrogen and oxygen atoms in total. The average molecular weight is 321 g/mol. The molecule has 4 unspecified atom stereocenters. The van der Waals surface area contributed by atoms with Gasteiger partial charge in [-0.05, 0) is 24.5 Å². The molecule has 5 heteroatoms. The first kappa shape index (κ1) is 15.0. The average Bonchev–Trinajstić information content (AvgIpc) is 3.29. The summed E-state index contributed by atoms with van der Waals surface area (Å²) in [6.07, 6.45) is 0.934. The van der Waals surface area contributed by atoms with Crippen LogP contribution in [0.15, 0.2) is 59.6 Å². The molecule has 2 aliphatic rings. The van der Waals surface area contributed by atoms with E-state index in [2.05, 4.69) is 30.9 Å². The lowest BCUT2D eigenvalue weighted by atomic mass is 10.0. The summed E-state index contributed by atoms with van der Waals surface area (Å²) in [4.78, 5) is 17.9. The molecule has 0 bridgehead atoms. The normalized spacial score (nSPS) is 30.6. The van der Waals surface area contributed by atoms with Crippen molar-refractivity contribution in [1.82, 2.24) is 4.90 Å². The van der Waals surface area contributed by atoms with E-state index < -0.39 is 0 Å². The van der Waals surface area contributed by atoms with E-state index in [0.29, 0.717) is 0 Å². The zero-order valence-electron chi connectivity index (χ0n) is 13.7. The molecule has 2 aromatic carbocycles. The third-order valence-electron chi connectivity index (χ3n) is 5.19. The van der Waals surface area contributed by atoms with Gasteiger partial charge in [-0.1, -0.05) is 49.4 Å². The minimum atomic E-state index is -0.356. The zero-order valence-corrected chi connectivity index (χ0v) is 13.7. The van der Waals surface area contributed by atoms with Gasteiger partial charge in [0.15, 0.2) is 0 Å². The molecular formula is C19H19N3O2. The number of benzene rings is 2. The number of nitro groups is 1. The lowest BCUT2D eigenvalue weighted by Crippen LogP contribution is -2.29. The van der Waals surface area contributed by atoms with Gasteiger partial charge >= 0.3 is 0 Å². The number of hydrogen-bond acceptors (Lipinski definition) is 4. The predicted octanol–water partition coefficient (Wildman–Crippen LogP) is 3.95. The monoisotopic (exact) mass is 321 g/mol. The second kappa shape index (κ2) is 5.24. The predicted molar refractivity (Wildman–Crippen MR) is 93.1 cm³/mol. The van der Waals surface area contributed by atoms with Crippen molar-refractivity contribution in [1.29, 1.82) is 0 Å². The number of nitrogens with zero attached hydrogens (tertiary/aromatic N) is 3. The molecule has 4 atom stereocenters. The largest absolute Gasteiger partial charge is 0.269 e.